The lowest BCUT2D eigenvalue weighted by Gasteiger charge is -2.33. The zero-order valence-corrected chi connectivity index (χ0v) is 19.3. The number of nitrogens with zero attached hydrogens (tertiary/aromatic N) is 2. The van der Waals surface area contributed by atoms with Crippen LogP contribution >= 0.6 is 11.8 Å². The smallest absolute Gasteiger partial charge is 0.338 e. The predicted octanol–water partition coefficient (Wildman–Crippen LogP) is 4.21. The van der Waals surface area contributed by atoms with Crippen molar-refractivity contribution in [3.8, 4) is 0 Å². The summed E-state index contributed by atoms with van der Waals surface area (Å²) in [4.78, 5) is 32.4. The van der Waals surface area contributed by atoms with Crippen molar-refractivity contribution >= 4 is 28.8 Å². The van der Waals surface area contributed by atoms with E-state index in [9.17, 15) is 9.59 Å². The van der Waals surface area contributed by atoms with Gasteiger partial charge in [-0.25, -0.2) is 9.79 Å². The largest absolute Gasteiger partial charge is 0.460 e. The second kappa shape index (κ2) is 8.94. The van der Waals surface area contributed by atoms with Gasteiger partial charge in [0.1, 0.15) is 6.61 Å². The van der Waals surface area contributed by atoms with E-state index in [-0.39, 0.29) is 23.2 Å². The van der Waals surface area contributed by atoms with Crippen LogP contribution in [0.15, 0.2) is 40.5 Å². The third kappa shape index (κ3) is 4.32. The van der Waals surface area contributed by atoms with Crippen molar-refractivity contribution in [2.75, 3.05) is 20.3 Å². The van der Waals surface area contributed by atoms with Crippen LogP contribution in [-0.4, -0.2) is 47.5 Å². The molecule has 1 aromatic carbocycles. The lowest BCUT2D eigenvalue weighted by molar-refractivity contribution is -0.141. The number of carbonyl (C=O) groups excluding carboxylic acids is 2. The van der Waals surface area contributed by atoms with E-state index in [1.54, 1.807) is 18.9 Å². The highest BCUT2D eigenvalue weighted by molar-refractivity contribution is 8.15. The van der Waals surface area contributed by atoms with Crippen molar-refractivity contribution in [1.29, 1.82) is 0 Å². The fraction of sp³-hybridized carbons (Fsp3) is 0.522. The highest BCUT2D eigenvalue weighted by Crippen LogP contribution is 2.44. The first-order valence-electron chi connectivity index (χ1n) is 10.2. The van der Waals surface area contributed by atoms with Gasteiger partial charge >= 0.3 is 5.97 Å². The molecule has 2 heterocycles. The van der Waals surface area contributed by atoms with E-state index in [1.165, 1.54) is 17.3 Å². The molecular formula is C23H30N2O4S. The number of carbonyl (C=O) groups is 2. The van der Waals surface area contributed by atoms with Crippen LogP contribution in [0.1, 0.15) is 58.2 Å². The van der Waals surface area contributed by atoms with Gasteiger partial charge in [0.15, 0.2) is 5.17 Å². The molecule has 1 amide bonds. The van der Waals surface area contributed by atoms with Crippen molar-refractivity contribution in [3.05, 3.63) is 46.7 Å². The number of amides is 1. The van der Waals surface area contributed by atoms with Gasteiger partial charge in [0.25, 0.3) is 0 Å². The monoisotopic (exact) mass is 430 g/mol. The molecule has 1 saturated heterocycles. The van der Waals surface area contributed by atoms with Gasteiger partial charge in [-0.05, 0) is 29.9 Å². The summed E-state index contributed by atoms with van der Waals surface area (Å²) in [6, 6.07) is 7.59. The topological polar surface area (TPSA) is 68.2 Å². The maximum Gasteiger partial charge on any atom is 0.338 e. The normalized spacial score (nSPS) is 21.6. The number of ether oxygens (including phenoxy) is 2. The van der Waals surface area contributed by atoms with Gasteiger partial charge in [-0.3, -0.25) is 9.69 Å². The minimum absolute atomic E-state index is 0.0119. The Hall–Kier alpha value is -2.12. The second-order valence-corrected chi connectivity index (χ2v) is 9.69. The van der Waals surface area contributed by atoms with Crippen LogP contribution in [0, 0.1) is 0 Å². The molecule has 1 aromatic rings. The lowest BCUT2D eigenvalue weighted by atomic mass is 9.85. The van der Waals surface area contributed by atoms with Crippen LogP contribution in [0.5, 0.6) is 0 Å². The number of allylic oxidation sites excluding steroid dienone is 1. The van der Waals surface area contributed by atoms with Crippen LogP contribution in [-0.2, 0) is 24.5 Å². The number of thioether (sulfide) groups is 1. The van der Waals surface area contributed by atoms with Crippen LogP contribution in [0.25, 0.3) is 0 Å². The van der Waals surface area contributed by atoms with Crippen molar-refractivity contribution in [2.24, 2.45) is 4.99 Å². The molecule has 0 unspecified atom stereocenters. The minimum Gasteiger partial charge on any atom is -0.460 e. The second-order valence-electron chi connectivity index (χ2n) is 8.52. The maximum absolute atomic E-state index is 13.1. The van der Waals surface area contributed by atoms with Gasteiger partial charge in [0, 0.05) is 7.11 Å². The molecule has 0 aliphatic carbocycles. The summed E-state index contributed by atoms with van der Waals surface area (Å²) in [6.45, 7) is 10.7. The third-order valence-electron chi connectivity index (χ3n) is 5.36. The Bertz CT molecular complexity index is 883. The number of esters is 1. The van der Waals surface area contributed by atoms with E-state index in [0.29, 0.717) is 29.5 Å². The summed E-state index contributed by atoms with van der Waals surface area (Å²) < 4.78 is 10.4. The Labute approximate surface area is 182 Å². The van der Waals surface area contributed by atoms with Gasteiger partial charge in [0.2, 0.25) is 5.91 Å². The maximum atomic E-state index is 13.1. The molecule has 0 spiro atoms. The molecule has 0 N–H and O–H groups in total. The quantitative estimate of drug-likeness (QED) is 0.499. The Morgan fingerprint density at radius 3 is 2.43 bits per heavy atom. The zero-order chi connectivity index (χ0) is 22.1. The van der Waals surface area contributed by atoms with E-state index < -0.39 is 12.0 Å². The molecule has 0 saturated carbocycles. The first-order valence-corrected chi connectivity index (χ1v) is 11.1. The molecule has 6 nitrogen and oxygen atoms in total. The minimum atomic E-state index is -0.543. The SMILES string of the molecule is CC[C@@H]1SC2=NC(C)=C(C(=O)OCCOC)[C@@H](c3ccc(C(C)(C)C)cc3)N2C1=O. The fourth-order valence-corrected chi connectivity index (χ4v) is 4.76. The standard InChI is InChI=1S/C23H30N2O4S/c1-7-17-20(26)25-19(15-8-10-16(11-9-15)23(3,4)5)18(14(2)24-22(25)30-17)21(27)29-13-12-28-6/h8-11,17,19H,7,12-13H2,1-6H3/t17-,19+/m0/s1. The molecule has 30 heavy (non-hydrogen) atoms. The predicted molar refractivity (Wildman–Crippen MR) is 119 cm³/mol. The summed E-state index contributed by atoms with van der Waals surface area (Å²) in [5, 5.41) is 0.472. The summed E-state index contributed by atoms with van der Waals surface area (Å²) in [7, 11) is 1.56. The Morgan fingerprint density at radius 1 is 1.20 bits per heavy atom. The molecule has 2 atom stereocenters. The number of rotatable bonds is 6. The zero-order valence-electron chi connectivity index (χ0n) is 18.5. The van der Waals surface area contributed by atoms with Crippen LogP contribution < -0.4 is 0 Å². The van der Waals surface area contributed by atoms with Crippen molar-refractivity contribution < 1.29 is 19.1 Å². The molecule has 0 radical (unpaired) electrons. The van der Waals surface area contributed by atoms with Gasteiger partial charge in [-0.15, -0.1) is 0 Å². The lowest BCUT2D eigenvalue weighted by Crippen LogP contribution is -2.41. The van der Waals surface area contributed by atoms with Gasteiger partial charge in [-0.2, -0.15) is 0 Å². The van der Waals surface area contributed by atoms with Gasteiger partial charge in [0.05, 0.1) is 29.2 Å². The molecule has 2 aliphatic rings. The molecule has 1 fully saturated rings. The number of hydrogen-bond donors (Lipinski definition) is 0. The fourth-order valence-electron chi connectivity index (χ4n) is 3.63. The molecule has 2 aliphatic heterocycles. The average molecular weight is 431 g/mol. The van der Waals surface area contributed by atoms with Crippen molar-refractivity contribution in [1.82, 2.24) is 4.90 Å². The highest BCUT2D eigenvalue weighted by atomic mass is 32.2. The van der Waals surface area contributed by atoms with E-state index in [0.717, 1.165) is 5.56 Å². The molecule has 7 heteroatoms. The third-order valence-corrected chi connectivity index (χ3v) is 6.67. The highest BCUT2D eigenvalue weighted by Gasteiger charge is 2.47. The summed E-state index contributed by atoms with van der Waals surface area (Å²) >= 11 is 1.47. The van der Waals surface area contributed by atoms with Crippen molar-refractivity contribution in [3.63, 3.8) is 0 Å². The van der Waals surface area contributed by atoms with E-state index in [4.69, 9.17) is 9.47 Å². The van der Waals surface area contributed by atoms with Crippen LogP contribution in [0.4, 0.5) is 0 Å². The Kier molecular flexibility index (Phi) is 6.72. The first kappa shape index (κ1) is 22.6. The van der Waals surface area contributed by atoms with E-state index >= 15 is 0 Å². The Balaban J connectivity index is 2.04. The first-order chi connectivity index (χ1) is 14.2. The molecular weight excluding hydrogens is 400 g/mol. The summed E-state index contributed by atoms with van der Waals surface area (Å²) in [5.74, 6) is -0.476. The summed E-state index contributed by atoms with van der Waals surface area (Å²) in [5.41, 5.74) is 3.07. The molecule has 0 bridgehead atoms. The van der Waals surface area contributed by atoms with E-state index in [1.807, 2.05) is 19.1 Å². The Morgan fingerprint density at radius 2 is 1.87 bits per heavy atom. The van der Waals surface area contributed by atoms with Gasteiger partial charge in [-0.1, -0.05) is 63.7 Å². The van der Waals surface area contributed by atoms with Crippen LogP contribution in [0.3, 0.4) is 0 Å². The number of benzene rings is 1. The molecule has 0 aromatic heterocycles. The average Bonchev–Trinajstić information content (AvgIpc) is 3.01. The number of hydrogen-bond acceptors (Lipinski definition) is 6. The van der Waals surface area contributed by atoms with Crippen molar-refractivity contribution in [2.45, 2.75) is 57.7 Å². The number of methoxy groups -OCH3 is 1. The summed E-state index contributed by atoms with van der Waals surface area (Å²) in [6.07, 6.45) is 0.710. The van der Waals surface area contributed by atoms with Gasteiger partial charge < -0.3 is 9.47 Å². The number of fused-ring (bicyclic) bond motifs is 1. The van der Waals surface area contributed by atoms with Crippen LogP contribution in [0.2, 0.25) is 0 Å². The number of amidine groups is 1. The molecule has 3 rings (SSSR count). The van der Waals surface area contributed by atoms with E-state index in [2.05, 4.69) is 37.9 Å². The molecule has 162 valence electrons. The number of aliphatic imine (C=N–C) groups is 1.